The van der Waals surface area contributed by atoms with Crippen molar-refractivity contribution in [2.75, 3.05) is 18.6 Å². The molecule has 1 N–H and O–H groups in total. The Morgan fingerprint density at radius 3 is 2.71 bits per heavy atom. The summed E-state index contributed by atoms with van der Waals surface area (Å²) in [6, 6.07) is 0.725. The highest BCUT2D eigenvalue weighted by Gasteiger charge is 2.15. The van der Waals surface area contributed by atoms with E-state index in [0.717, 1.165) is 12.0 Å². The van der Waals surface area contributed by atoms with Crippen molar-refractivity contribution in [3.8, 4) is 0 Å². The third-order valence-corrected chi connectivity index (χ3v) is 3.89. The van der Waals surface area contributed by atoms with E-state index in [1.54, 1.807) is 0 Å². The molecule has 0 aromatic rings. The number of nitrogens with one attached hydrogen (secondary N) is 1. The average Bonchev–Trinajstić information content (AvgIpc) is 2.68. The first-order chi connectivity index (χ1) is 6.83. The second-order valence-electron chi connectivity index (χ2n) is 4.58. The lowest BCUT2D eigenvalue weighted by Crippen LogP contribution is -2.28. The van der Waals surface area contributed by atoms with Gasteiger partial charge in [-0.3, -0.25) is 0 Å². The summed E-state index contributed by atoms with van der Waals surface area (Å²) in [7, 11) is 0. The number of thioether (sulfide) groups is 1. The molecular formula is C12H25NS. The van der Waals surface area contributed by atoms with Gasteiger partial charge in [-0.1, -0.05) is 25.7 Å². The first-order valence-electron chi connectivity index (χ1n) is 6.05. The lowest BCUT2D eigenvalue weighted by molar-refractivity contribution is 0.426. The molecule has 1 rings (SSSR count). The molecule has 1 unspecified atom stereocenters. The van der Waals surface area contributed by atoms with Crippen molar-refractivity contribution >= 4 is 11.8 Å². The van der Waals surface area contributed by atoms with Crippen molar-refractivity contribution in [2.45, 2.75) is 51.5 Å². The zero-order chi connectivity index (χ0) is 10.2. The van der Waals surface area contributed by atoms with Gasteiger partial charge in [-0.15, -0.1) is 0 Å². The molecule has 1 nitrogen and oxygen atoms in total. The van der Waals surface area contributed by atoms with Gasteiger partial charge in [0.15, 0.2) is 0 Å². The van der Waals surface area contributed by atoms with E-state index in [2.05, 4.69) is 18.5 Å². The molecule has 1 atom stereocenters. The largest absolute Gasteiger partial charge is 0.313 e. The summed E-state index contributed by atoms with van der Waals surface area (Å²) in [6.07, 6.45) is 11.0. The van der Waals surface area contributed by atoms with Crippen molar-refractivity contribution in [3.63, 3.8) is 0 Å². The standard InChI is InChI=1S/C12H25NS/c1-11(13-9-10-14-2)7-8-12-5-3-4-6-12/h11-13H,3-10H2,1-2H3. The van der Waals surface area contributed by atoms with Gasteiger partial charge in [-0.25, -0.2) is 0 Å². The fourth-order valence-electron chi connectivity index (χ4n) is 2.29. The minimum absolute atomic E-state index is 0.725. The van der Waals surface area contributed by atoms with Crippen LogP contribution in [0.1, 0.15) is 45.4 Å². The quantitative estimate of drug-likeness (QED) is 0.654. The van der Waals surface area contributed by atoms with Gasteiger partial charge in [0.2, 0.25) is 0 Å². The summed E-state index contributed by atoms with van der Waals surface area (Å²) in [4.78, 5) is 0. The Morgan fingerprint density at radius 1 is 1.36 bits per heavy atom. The molecule has 2 heteroatoms. The second-order valence-corrected chi connectivity index (χ2v) is 5.56. The molecule has 0 aliphatic heterocycles. The minimum Gasteiger partial charge on any atom is -0.313 e. The van der Waals surface area contributed by atoms with Crippen LogP contribution in [0.4, 0.5) is 0 Å². The fraction of sp³-hybridized carbons (Fsp3) is 1.00. The summed E-state index contributed by atoms with van der Waals surface area (Å²) < 4.78 is 0. The van der Waals surface area contributed by atoms with Crippen LogP contribution in [0.3, 0.4) is 0 Å². The Labute approximate surface area is 93.4 Å². The summed E-state index contributed by atoms with van der Waals surface area (Å²) in [5, 5.41) is 3.59. The zero-order valence-electron chi connectivity index (χ0n) is 9.72. The van der Waals surface area contributed by atoms with E-state index in [1.807, 2.05) is 11.8 Å². The normalized spacial score (nSPS) is 20.1. The Morgan fingerprint density at radius 2 is 2.07 bits per heavy atom. The molecule has 1 fully saturated rings. The zero-order valence-corrected chi connectivity index (χ0v) is 10.5. The van der Waals surface area contributed by atoms with E-state index < -0.39 is 0 Å². The van der Waals surface area contributed by atoms with Gasteiger partial charge in [-0.05, 0) is 31.9 Å². The van der Waals surface area contributed by atoms with Crippen molar-refractivity contribution in [1.82, 2.24) is 5.32 Å². The Kier molecular flexibility index (Phi) is 6.70. The second kappa shape index (κ2) is 7.58. The molecule has 14 heavy (non-hydrogen) atoms. The van der Waals surface area contributed by atoms with Gasteiger partial charge in [-0.2, -0.15) is 11.8 Å². The van der Waals surface area contributed by atoms with Crippen LogP contribution in [0, 0.1) is 5.92 Å². The van der Waals surface area contributed by atoms with Crippen LogP contribution in [-0.4, -0.2) is 24.6 Å². The van der Waals surface area contributed by atoms with Crippen LogP contribution in [-0.2, 0) is 0 Å². The van der Waals surface area contributed by atoms with Gasteiger partial charge in [0.25, 0.3) is 0 Å². The van der Waals surface area contributed by atoms with Crippen LogP contribution < -0.4 is 5.32 Å². The number of hydrogen-bond donors (Lipinski definition) is 1. The van der Waals surface area contributed by atoms with Gasteiger partial charge in [0, 0.05) is 18.3 Å². The van der Waals surface area contributed by atoms with Crippen LogP contribution in [0.25, 0.3) is 0 Å². The lowest BCUT2D eigenvalue weighted by Gasteiger charge is -2.15. The summed E-state index contributed by atoms with van der Waals surface area (Å²) in [5.74, 6) is 2.30. The van der Waals surface area contributed by atoms with Gasteiger partial charge in [0.1, 0.15) is 0 Å². The van der Waals surface area contributed by atoms with Crippen molar-refractivity contribution in [3.05, 3.63) is 0 Å². The Hall–Kier alpha value is 0.310. The van der Waals surface area contributed by atoms with Crippen LogP contribution in [0.2, 0.25) is 0 Å². The third-order valence-electron chi connectivity index (χ3n) is 3.28. The number of rotatable bonds is 7. The maximum absolute atomic E-state index is 3.59. The molecule has 0 amide bonds. The highest BCUT2D eigenvalue weighted by molar-refractivity contribution is 7.98. The molecule has 0 bridgehead atoms. The molecule has 0 aromatic heterocycles. The van der Waals surface area contributed by atoms with E-state index >= 15 is 0 Å². The molecule has 84 valence electrons. The maximum atomic E-state index is 3.59. The predicted molar refractivity (Wildman–Crippen MR) is 67.0 cm³/mol. The third kappa shape index (κ3) is 5.26. The molecule has 0 heterocycles. The van der Waals surface area contributed by atoms with Gasteiger partial charge in [0.05, 0.1) is 0 Å². The molecular weight excluding hydrogens is 190 g/mol. The van der Waals surface area contributed by atoms with Gasteiger partial charge < -0.3 is 5.32 Å². The summed E-state index contributed by atoms with van der Waals surface area (Å²) in [6.45, 7) is 3.50. The molecule has 1 aliphatic carbocycles. The monoisotopic (exact) mass is 215 g/mol. The number of hydrogen-bond acceptors (Lipinski definition) is 2. The van der Waals surface area contributed by atoms with Gasteiger partial charge >= 0.3 is 0 Å². The first kappa shape index (κ1) is 12.4. The molecule has 0 saturated heterocycles. The topological polar surface area (TPSA) is 12.0 Å². The fourth-order valence-corrected chi connectivity index (χ4v) is 2.62. The average molecular weight is 215 g/mol. The Bertz CT molecular complexity index is 132. The van der Waals surface area contributed by atoms with Crippen molar-refractivity contribution in [2.24, 2.45) is 5.92 Å². The smallest absolute Gasteiger partial charge is 0.00554 e. The predicted octanol–water partition coefficient (Wildman–Crippen LogP) is 3.30. The van der Waals surface area contributed by atoms with E-state index in [0.29, 0.717) is 0 Å². The highest BCUT2D eigenvalue weighted by atomic mass is 32.2. The van der Waals surface area contributed by atoms with E-state index in [9.17, 15) is 0 Å². The maximum Gasteiger partial charge on any atom is 0.00554 e. The molecule has 0 radical (unpaired) electrons. The van der Waals surface area contributed by atoms with Crippen molar-refractivity contribution in [1.29, 1.82) is 0 Å². The summed E-state index contributed by atoms with van der Waals surface area (Å²) in [5.41, 5.74) is 0. The summed E-state index contributed by atoms with van der Waals surface area (Å²) >= 11 is 1.92. The highest BCUT2D eigenvalue weighted by Crippen LogP contribution is 2.28. The molecule has 1 saturated carbocycles. The molecule has 1 aliphatic rings. The van der Waals surface area contributed by atoms with Crippen LogP contribution in [0.5, 0.6) is 0 Å². The minimum atomic E-state index is 0.725. The van der Waals surface area contributed by atoms with Crippen LogP contribution >= 0.6 is 11.8 Å². The van der Waals surface area contributed by atoms with E-state index in [1.165, 1.54) is 50.8 Å². The Balaban J connectivity index is 1.93. The SMILES string of the molecule is CSCCNC(C)CCC1CCCC1. The lowest BCUT2D eigenvalue weighted by atomic mass is 9.99. The molecule has 0 spiro atoms. The van der Waals surface area contributed by atoms with E-state index in [4.69, 9.17) is 0 Å². The van der Waals surface area contributed by atoms with Crippen LogP contribution in [0.15, 0.2) is 0 Å². The van der Waals surface area contributed by atoms with Crippen molar-refractivity contribution < 1.29 is 0 Å². The van der Waals surface area contributed by atoms with E-state index in [-0.39, 0.29) is 0 Å². The molecule has 0 aromatic carbocycles. The first-order valence-corrected chi connectivity index (χ1v) is 7.44.